The van der Waals surface area contributed by atoms with Crippen molar-refractivity contribution < 1.29 is 8.42 Å². The number of pyridine rings is 1. The molecule has 1 aromatic heterocycles. The molecule has 1 aromatic rings. The van der Waals surface area contributed by atoms with Gasteiger partial charge < -0.3 is 0 Å². The van der Waals surface area contributed by atoms with Gasteiger partial charge >= 0.3 is 0 Å². The maximum Gasteiger partial charge on any atom is 0.151 e. The molecule has 4 nitrogen and oxygen atoms in total. The molecule has 2 heterocycles. The largest absolute Gasteiger partial charge is 0.239 e. The van der Waals surface area contributed by atoms with Gasteiger partial charge in [0.1, 0.15) is 11.2 Å². The lowest BCUT2D eigenvalue weighted by Gasteiger charge is -2.07. The molecule has 0 saturated carbocycles. The third-order valence-electron chi connectivity index (χ3n) is 2.64. The second kappa shape index (κ2) is 4.04. The second-order valence-electron chi connectivity index (χ2n) is 3.79. The first-order chi connectivity index (χ1) is 7.52. The van der Waals surface area contributed by atoms with Crippen LogP contribution in [-0.2, 0) is 9.84 Å². The van der Waals surface area contributed by atoms with Crippen molar-refractivity contribution in [1.82, 2.24) is 4.98 Å². The van der Waals surface area contributed by atoms with Crippen LogP contribution >= 0.6 is 11.6 Å². The molecule has 1 atom stereocenters. The van der Waals surface area contributed by atoms with Crippen LogP contribution in [-0.4, -0.2) is 24.9 Å². The van der Waals surface area contributed by atoms with Gasteiger partial charge in [0, 0.05) is 11.6 Å². The Bertz CT molecular complexity index is 563. The van der Waals surface area contributed by atoms with Crippen LogP contribution in [0, 0.1) is 11.3 Å². The van der Waals surface area contributed by atoms with Crippen LogP contribution in [0.3, 0.4) is 0 Å². The summed E-state index contributed by atoms with van der Waals surface area (Å²) in [6.45, 7) is 0. The zero-order valence-electron chi connectivity index (χ0n) is 8.35. The summed E-state index contributed by atoms with van der Waals surface area (Å²) in [4.78, 5) is 4.07. The Labute approximate surface area is 98.8 Å². The van der Waals surface area contributed by atoms with E-state index in [-0.39, 0.29) is 22.6 Å². The smallest absolute Gasteiger partial charge is 0.151 e. The molecule has 6 heteroatoms. The Kier molecular flexibility index (Phi) is 2.87. The van der Waals surface area contributed by atoms with Crippen LogP contribution < -0.4 is 0 Å². The monoisotopic (exact) mass is 256 g/mol. The van der Waals surface area contributed by atoms with Crippen molar-refractivity contribution in [1.29, 1.82) is 5.26 Å². The lowest BCUT2D eigenvalue weighted by Crippen LogP contribution is -2.05. The van der Waals surface area contributed by atoms with Crippen molar-refractivity contribution in [3.63, 3.8) is 0 Å². The molecule has 84 valence electrons. The van der Waals surface area contributed by atoms with Gasteiger partial charge in [-0.3, -0.25) is 0 Å². The number of aromatic nitrogens is 1. The van der Waals surface area contributed by atoms with Gasteiger partial charge in [-0.25, -0.2) is 13.4 Å². The van der Waals surface area contributed by atoms with E-state index in [4.69, 9.17) is 16.9 Å². The SMILES string of the molecule is N#Cc1ccc(C2CCS(=O)(=O)C2)nc1Cl. The van der Waals surface area contributed by atoms with Crippen LogP contribution in [0.1, 0.15) is 23.6 Å². The topological polar surface area (TPSA) is 70.8 Å². The molecule has 2 rings (SSSR count). The molecule has 0 amide bonds. The molecule has 1 fully saturated rings. The molecule has 1 aliphatic heterocycles. The highest BCUT2D eigenvalue weighted by molar-refractivity contribution is 7.91. The summed E-state index contributed by atoms with van der Waals surface area (Å²) in [5.41, 5.74) is 0.969. The van der Waals surface area contributed by atoms with Crippen LogP contribution in [0.15, 0.2) is 12.1 Å². The minimum atomic E-state index is -2.92. The highest BCUT2D eigenvalue weighted by atomic mass is 35.5. The average Bonchev–Trinajstić information content (AvgIpc) is 2.59. The fourth-order valence-corrected chi connectivity index (χ4v) is 3.75. The molecule has 0 bridgehead atoms. The van der Waals surface area contributed by atoms with Gasteiger partial charge in [-0.1, -0.05) is 11.6 Å². The molecule has 16 heavy (non-hydrogen) atoms. The van der Waals surface area contributed by atoms with E-state index < -0.39 is 9.84 Å². The molecule has 0 aromatic carbocycles. The van der Waals surface area contributed by atoms with Gasteiger partial charge in [0.2, 0.25) is 0 Å². The first kappa shape index (κ1) is 11.4. The zero-order chi connectivity index (χ0) is 11.8. The number of hydrogen-bond donors (Lipinski definition) is 0. The molecule has 1 unspecified atom stereocenters. The highest BCUT2D eigenvalue weighted by Gasteiger charge is 2.30. The Morgan fingerprint density at radius 2 is 2.25 bits per heavy atom. The minimum Gasteiger partial charge on any atom is -0.239 e. The van der Waals surface area contributed by atoms with E-state index in [1.54, 1.807) is 12.1 Å². The van der Waals surface area contributed by atoms with Crippen molar-refractivity contribution in [3.8, 4) is 6.07 Å². The number of hydrogen-bond acceptors (Lipinski definition) is 4. The van der Waals surface area contributed by atoms with Crippen LogP contribution in [0.2, 0.25) is 5.15 Å². The van der Waals surface area contributed by atoms with Crippen LogP contribution in [0.5, 0.6) is 0 Å². The standard InChI is InChI=1S/C10H9ClN2O2S/c11-10-7(5-12)1-2-9(13-10)8-3-4-16(14,15)6-8/h1-2,8H,3-4,6H2. The number of nitriles is 1. The average molecular weight is 257 g/mol. The van der Waals surface area contributed by atoms with E-state index in [1.807, 2.05) is 6.07 Å². The lowest BCUT2D eigenvalue weighted by molar-refractivity contribution is 0.601. The van der Waals surface area contributed by atoms with Crippen molar-refractivity contribution in [3.05, 3.63) is 28.5 Å². The van der Waals surface area contributed by atoms with E-state index in [0.29, 0.717) is 17.7 Å². The maximum atomic E-state index is 11.3. The van der Waals surface area contributed by atoms with Gasteiger partial charge in [-0.2, -0.15) is 5.26 Å². The third-order valence-corrected chi connectivity index (χ3v) is 4.70. The summed E-state index contributed by atoms with van der Waals surface area (Å²) < 4.78 is 22.6. The number of nitrogens with zero attached hydrogens (tertiary/aromatic N) is 2. The van der Waals surface area contributed by atoms with Gasteiger partial charge in [0.15, 0.2) is 9.84 Å². The lowest BCUT2D eigenvalue weighted by atomic mass is 10.0. The predicted molar refractivity (Wildman–Crippen MR) is 60.0 cm³/mol. The Morgan fingerprint density at radius 1 is 1.50 bits per heavy atom. The van der Waals surface area contributed by atoms with E-state index in [0.717, 1.165) is 0 Å². The molecule has 0 radical (unpaired) electrons. The van der Waals surface area contributed by atoms with E-state index in [9.17, 15) is 8.42 Å². The third kappa shape index (κ3) is 2.18. The molecule has 1 saturated heterocycles. The Hall–Kier alpha value is -1.12. The summed E-state index contributed by atoms with van der Waals surface area (Å²) in [6, 6.07) is 5.17. The summed E-state index contributed by atoms with van der Waals surface area (Å²) in [6.07, 6.45) is 0.581. The van der Waals surface area contributed by atoms with Gasteiger partial charge in [0.05, 0.1) is 17.1 Å². The summed E-state index contributed by atoms with van der Waals surface area (Å²) in [7, 11) is -2.92. The minimum absolute atomic E-state index is 0.0877. The van der Waals surface area contributed by atoms with Crippen molar-refractivity contribution >= 4 is 21.4 Å². The summed E-state index contributed by atoms with van der Waals surface area (Å²) >= 11 is 5.80. The predicted octanol–water partition coefficient (Wildman–Crippen LogP) is 1.51. The van der Waals surface area contributed by atoms with Gasteiger partial charge in [-0.05, 0) is 18.6 Å². The number of rotatable bonds is 1. The van der Waals surface area contributed by atoms with Crippen LogP contribution in [0.25, 0.3) is 0 Å². The molecule has 0 N–H and O–H groups in total. The van der Waals surface area contributed by atoms with E-state index >= 15 is 0 Å². The normalized spacial score (nSPS) is 22.9. The zero-order valence-corrected chi connectivity index (χ0v) is 9.92. The summed E-state index contributed by atoms with van der Waals surface area (Å²) in [5.74, 6) is 0.245. The van der Waals surface area contributed by atoms with Gasteiger partial charge in [-0.15, -0.1) is 0 Å². The Balaban J connectivity index is 2.30. The fourth-order valence-electron chi connectivity index (χ4n) is 1.79. The first-order valence-electron chi connectivity index (χ1n) is 4.79. The van der Waals surface area contributed by atoms with E-state index in [1.165, 1.54) is 0 Å². The number of sulfone groups is 1. The maximum absolute atomic E-state index is 11.3. The second-order valence-corrected chi connectivity index (χ2v) is 6.37. The molecule has 0 aliphatic carbocycles. The highest BCUT2D eigenvalue weighted by Crippen LogP contribution is 2.28. The molecular weight excluding hydrogens is 248 g/mol. The Morgan fingerprint density at radius 3 is 2.75 bits per heavy atom. The van der Waals surface area contributed by atoms with Crippen molar-refractivity contribution in [2.75, 3.05) is 11.5 Å². The first-order valence-corrected chi connectivity index (χ1v) is 6.99. The van der Waals surface area contributed by atoms with Crippen LogP contribution in [0.4, 0.5) is 0 Å². The fraction of sp³-hybridized carbons (Fsp3) is 0.400. The van der Waals surface area contributed by atoms with E-state index in [2.05, 4.69) is 4.98 Å². The quantitative estimate of drug-likeness (QED) is 0.714. The molecule has 0 spiro atoms. The summed E-state index contributed by atoms with van der Waals surface area (Å²) in [5, 5.41) is 8.83. The van der Waals surface area contributed by atoms with Crippen molar-refractivity contribution in [2.45, 2.75) is 12.3 Å². The number of halogens is 1. The van der Waals surface area contributed by atoms with Crippen molar-refractivity contribution in [2.24, 2.45) is 0 Å². The van der Waals surface area contributed by atoms with Gasteiger partial charge in [0.25, 0.3) is 0 Å². The molecule has 1 aliphatic rings. The molecular formula is C10H9ClN2O2S.